The first-order chi connectivity index (χ1) is 7.55. The molecule has 1 saturated heterocycles. The van der Waals surface area contributed by atoms with Gasteiger partial charge < -0.3 is 15.7 Å². The summed E-state index contributed by atoms with van der Waals surface area (Å²) in [4.78, 5) is 24.3. The van der Waals surface area contributed by atoms with Crippen LogP contribution in [-0.4, -0.2) is 41.5 Å². The van der Waals surface area contributed by atoms with E-state index in [1.54, 1.807) is 4.90 Å². The number of nitrogens with zero attached hydrogens (tertiary/aromatic N) is 1. The van der Waals surface area contributed by atoms with E-state index in [1.165, 1.54) is 0 Å². The number of piperidine rings is 1. The summed E-state index contributed by atoms with van der Waals surface area (Å²) in [5.74, 6) is -0.815. The third-order valence-electron chi connectivity index (χ3n) is 3.43. The minimum absolute atomic E-state index is 0.00779. The van der Waals surface area contributed by atoms with Crippen molar-refractivity contribution >= 4 is 11.9 Å². The zero-order valence-corrected chi connectivity index (χ0v) is 9.74. The number of carboxylic acid groups (broad SMARTS) is 1. The average Bonchev–Trinajstić information content (AvgIpc) is 2.29. The molecule has 0 spiro atoms. The summed E-state index contributed by atoms with van der Waals surface area (Å²) in [5.41, 5.74) is 4.66. The van der Waals surface area contributed by atoms with Gasteiger partial charge in [0.2, 0.25) is 5.91 Å². The average molecular weight is 228 g/mol. The van der Waals surface area contributed by atoms with Crippen LogP contribution < -0.4 is 5.73 Å². The molecule has 0 atom stereocenters. The molecule has 5 heteroatoms. The Morgan fingerprint density at radius 3 is 2.31 bits per heavy atom. The third-order valence-corrected chi connectivity index (χ3v) is 3.43. The van der Waals surface area contributed by atoms with Crippen LogP contribution in [0.1, 0.15) is 32.6 Å². The minimum Gasteiger partial charge on any atom is -0.481 e. The Morgan fingerprint density at radius 2 is 1.94 bits per heavy atom. The summed E-state index contributed by atoms with van der Waals surface area (Å²) < 4.78 is 0. The molecule has 5 nitrogen and oxygen atoms in total. The molecule has 1 heterocycles. The molecule has 1 aliphatic rings. The number of amides is 1. The number of hydrogen-bond donors (Lipinski definition) is 2. The van der Waals surface area contributed by atoms with E-state index in [-0.39, 0.29) is 12.5 Å². The lowest BCUT2D eigenvalue weighted by molar-refractivity contribution is -0.154. The predicted molar refractivity (Wildman–Crippen MR) is 59.8 cm³/mol. The van der Waals surface area contributed by atoms with Crippen LogP contribution in [0.15, 0.2) is 0 Å². The van der Waals surface area contributed by atoms with Crippen LogP contribution in [0.3, 0.4) is 0 Å². The van der Waals surface area contributed by atoms with Gasteiger partial charge in [0, 0.05) is 13.1 Å². The maximum Gasteiger partial charge on any atom is 0.309 e. The first kappa shape index (κ1) is 13.0. The van der Waals surface area contributed by atoms with E-state index >= 15 is 0 Å². The van der Waals surface area contributed by atoms with E-state index < -0.39 is 11.4 Å². The molecular weight excluding hydrogens is 208 g/mol. The second-order valence-corrected chi connectivity index (χ2v) is 4.42. The molecule has 1 fully saturated rings. The Balaban J connectivity index is 2.63. The summed E-state index contributed by atoms with van der Waals surface area (Å²) in [7, 11) is 0. The van der Waals surface area contributed by atoms with E-state index in [4.69, 9.17) is 5.73 Å². The second kappa shape index (κ2) is 5.30. The quantitative estimate of drug-likeness (QED) is 0.731. The molecule has 0 bridgehead atoms. The molecule has 3 N–H and O–H groups in total. The highest BCUT2D eigenvalue weighted by Gasteiger charge is 2.41. The lowest BCUT2D eigenvalue weighted by Gasteiger charge is -2.38. The SMILES string of the molecule is CCCC1(C(=O)O)CCN(C(=O)CN)CC1. The van der Waals surface area contributed by atoms with Gasteiger partial charge in [0.25, 0.3) is 0 Å². The standard InChI is InChI=1S/C11H20N2O3/c1-2-3-11(10(15)16)4-6-13(7-5-11)9(14)8-12/h2-8,12H2,1H3,(H,15,16). The van der Waals surface area contributed by atoms with Crippen LogP contribution in [0.4, 0.5) is 0 Å². The topological polar surface area (TPSA) is 83.6 Å². The molecule has 0 saturated carbocycles. The molecule has 0 aromatic heterocycles. The smallest absolute Gasteiger partial charge is 0.309 e. The summed E-state index contributed by atoms with van der Waals surface area (Å²) in [6.07, 6.45) is 2.63. The molecule has 1 aliphatic heterocycles. The van der Waals surface area contributed by atoms with Crippen molar-refractivity contribution in [3.05, 3.63) is 0 Å². The first-order valence-corrected chi connectivity index (χ1v) is 5.77. The van der Waals surface area contributed by atoms with Gasteiger partial charge in [0.1, 0.15) is 0 Å². The van der Waals surface area contributed by atoms with Crippen molar-refractivity contribution < 1.29 is 14.7 Å². The van der Waals surface area contributed by atoms with Crippen LogP contribution >= 0.6 is 0 Å². The Bertz CT molecular complexity index is 270. The zero-order valence-electron chi connectivity index (χ0n) is 9.74. The van der Waals surface area contributed by atoms with Gasteiger partial charge in [-0.1, -0.05) is 13.3 Å². The van der Waals surface area contributed by atoms with E-state index in [0.717, 1.165) is 6.42 Å². The number of likely N-dealkylation sites (tertiary alicyclic amines) is 1. The number of aliphatic carboxylic acids is 1. The van der Waals surface area contributed by atoms with Crippen molar-refractivity contribution in [1.82, 2.24) is 4.90 Å². The fraction of sp³-hybridized carbons (Fsp3) is 0.818. The molecule has 1 amide bonds. The van der Waals surface area contributed by atoms with Gasteiger partial charge in [-0.25, -0.2) is 0 Å². The molecule has 0 aromatic carbocycles. The van der Waals surface area contributed by atoms with Crippen LogP contribution in [0.2, 0.25) is 0 Å². The van der Waals surface area contributed by atoms with Gasteiger partial charge >= 0.3 is 5.97 Å². The third kappa shape index (κ3) is 2.52. The second-order valence-electron chi connectivity index (χ2n) is 4.42. The number of carbonyl (C=O) groups is 2. The minimum atomic E-state index is -0.728. The van der Waals surface area contributed by atoms with Gasteiger partial charge in [0.05, 0.1) is 12.0 Å². The monoisotopic (exact) mass is 228 g/mol. The molecule has 1 rings (SSSR count). The van der Waals surface area contributed by atoms with Crippen LogP contribution in [0.25, 0.3) is 0 Å². The predicted octanol–water partition coefficient (Wildman–Crippen LogP) is 0.439. The molecular formula is C11H20N2O3. The molecule has 0 aliphatic carbocycles. The van der Waals surface area contributed by atoms with Crippen LogP contribution in [0, 0.1) is 5.41 Å². The largest absolute Gasteiger partial charge is 0.481 e. The molecule has 92 valence electrons. The molecule has 16 heavy (non-hydrogen) atoms. The summed E-state index contributed by atoms with van der Waals surface area (Å²) in [6.45, 7) is 3.03. The van der Waals surface area contributed by atoms with Gasteiger partial charge in [0.15, 0.2) is 0 Å². The summed E-state index contributed by atoms with van der Waals surface area (Å²) in [6, 6.07) is 0. The normalized spacial score (nSPS) is 19.5. The number of nitrogens with two attached hydrogens (primary N) is 1. The molecule has 0 aromatic rings. The Hall–Kier alpha value is -1.10. The van der Waals surface area contributed by atoms with Crippen molar-refractivity contribution in [2.45, 2.75) is 32.6 Å². The van der Waals surface area contributed by atoms with Gasteiger partial charge in [-0.2, -0.15) is 0 Å². The van der Waals surface area contributed by atoms with Gasteiger partial charge in [-0.15, -0.1) is 0 Å². The Morgan fingerprint density at radius 1 is 1.38 bits per heavy atom. The van der Waals surface area contributed by atoms with Gasteiger partial charge in [-0.05, 0) is 19.3 Å². The fourth-order valence-corrected chi connectivity index (χ4v) is 2.36. The van der Waals surface area contributed by atoms with Crippen molar-refractivity contribution in [3.63, 3.8) is 0 Å². The van der Waals surface area contributed by atoms with E-state index in [0.29, 0.717) is 32.4 Å². The highest BCUT2D eigenvalue weighted by atomic mass is 16.4. The van der Waals surface area contributed by atoms with Crippen LogP contribution in [0.5, 0.6) is 0 Å². The molecule has 0 unspecified atom stereocenters. The molecule has 0 radical (unpaired) electrons. The Kier molecular flexibility index (Phi) is 4.29. The number of carbonyl (C=O) groups excluding carboxylic acids is 1. The van der Waals surface area contributed by atoms with Crippen LogP contribution in [-0.2, 0) is 9.59 Å². The van der Waals surface area contributed by atoms with Gasteiger partial charge in [-0.3, -0.25) is 9.59 Å². The first-order valence-electron chi connectivity index (χ1n) is 5.77. The van der Waals surface area contributed by atoms with Crippen molar-refractivity contribution in [2.24, 2.45) is 11.1 Å². The summed E-state index contributed by atoms with van der Waals surface area (Å²) in [5, 5.41) is 9.27. The zero-order chi connectivity index (χ0) is 12.2. The van der Waals surface area contributed by atoms with Crippen molar-refractivity contribution in [1.29, 1.82) is 0 Å². The lowest BCUT2D eigenvalue weighted by atomic mass is 9.75. The highest BCUT2D eigenvalue weighted by molar-refractivity contribution is 5.79. The fourth-order valence-electron chi connectivity index (χ4n) is 2.36. The number of carboxylic acids is 1. The summed E-state index contributed by atoms with van der Waals surface area (Å²) >= 11 is 0. The maximum absolute atomic E-state index is 11.4. The van der Waals surface area contributed by atoms with E-state index in [2.05, 4.69) is 0 Å². The van der Waals surface area contributed by atoms with E-state index in [9.17, 15) is 14.7 Å². The Labute approximate surface area is 95.6 Å². The number of rotatable bonds is 4. The number of hydrogen-bond acceptors (Lipinski definition) is 3. The lowest BCUT2D eigenvalue weighted by Crippen LogP contribution is -2.48. The highest BCUT2D eigenvalue weighted by Crippen LogP contribution is 2.36. The maximum atomic E-state index is 11.4. The van der Waals surface area contributed by atoms with Crippen molar-refractivity contribution in [2.75, 3.05) is 19.6 Å². The van der Waals surface area contributed by atoms with Crippen molar-refractivity contribution in [3.8, 4) is 0 Å². The van der Waals surface area contributed by atoms with E-state index in [1.807, 2.05) is 6.92 Å².